The van der Waals surface area contributed by atoms with Crippen LogP contribution in [0, 0.1) is 0 Å². The highest BCUT2D eigenvalue weighted by molar-refractivity contribution is 6.32. The molecule has 39 heavy (non-hydrogen) atoms. The smallest absolute Gasteiger partial charge is 0.271 e. The van der Waals surface area contributed by atoms with Crippen LogP contribution in [0.4, 0.5) is 5.82 Å². The van der Waals surface area contributed by atoms with Crippen LogP contribution < -0.4 is 10.6 Å². The molecule has 1 aromatic carbocycles. The first kappa shape index (κ1) is 27.5. The number of imidazole rings is 1. The van der Waals surface area contributed by atoms with Crippen LogP contribution in [0.3, 0.4) is 0 Å². The van der Waals surface area contributed by atoms with Gasteiger partial charge in [0.1, 0.15) is 11.5 Å². The van der Waals surface area contributed by atoms with E-state index in [0.717, 1.165) is 42.1 Å². The molecule has 2 fully saturated rings. The summed E-state index contributed by atoms with van der Waals surface area (Å²) in [6, 6.07) is 3.98. The van der Waals surface area contributed by atoms with Crippen LogP contribution in [-0.4, -0.2) is 55.6 Å². The molecule has 0 atom stereocenters. The van der Waals surface area contributed by atoms with Gasteiger partial charge < -0.3 is 20.1 Å². The van der Waals surface area contributed by atoms with E-state index in [1.165, 1.54) is 12.5 Å². The standard InChI is InChI=1S/C28H35Cl2N7O2/c1-5-23(38)36-14-16(15-36)32-27(39)24-25(30)33-22(37(24)17-9-7-6-8-10-17)13-31-26-18-11-19(28(2,3)4)20(29)12-21(18)34-35-26/h5,11-12,16-17H,1,6-10,13-15H2,2-4H3,(H,32,39)(H2,31,34,35). The van der Waals surface area contributed by atoms with Crippen molar-refractivity contribution in [3.8, 4) is 0 Å². The second kappa shape index (κ2) is 10.8. The number of carbonyl (C=O) groups is 2. The summed E-state index contributed by atoms with van der Waals surface area (Å²) in [5.41, 5.74) is 2.14. The molecule has 3 heterocycles. The first-order chi connectivity index (χ1) is 18.6. The molecule has 2 aliphatic rings. The van der Waals surface area contributed by atoms with Crippen molar-refractivity contribution in [2.45, 2.75) is 76.9 Å². The maximum Gasteiger partial charge on any atom is 0.271 e. The van der Waals surface area contributed by atoms with Gasteiger partial charge in [0.2, 0.25) is 5.91 Å². The number of aromatic nitrogens is 4. The predicted molar refractivity (Wildman–Crippen MR) is 155 cm³/mol. The zero-order chi connectivity index (χ0) is 27.9. The number of nitrogens with one attached hydrogen (secondary N) is 3. The van der Waals surface area contributed by atoms with E-state index >= 15 is 0 Å². The number of anilines is 1. The Labute approximate surface area is 238 Å². The van der Waals surface area contributed by atoms with Gasteiger partial charge in [-0.1, -0.05) is 69.8 Å². The SMILES string of the molecule is C=CC(=O)N1CC(NC(=O)c2c(Cl)nc(CNc3n[nH]c4cc(Cl)c(C(C)(C)C)cc34)n2C2CCCCC2)C1. The number of fused-ring (bicyclic) bond motifs is 1. The molecule has 2 aromatic heterocycles. The highest BCUT2D eigenvalue weighted by Crippen LogP contribution is 2.36. The highest BCUT2D eigenvalue weighted by atomic mass is 35.5. The summed E-state index contributed by atoms with van der Waals surface area (Å²) >= 11 is 13.2. The van der Waals surface area contributed by atoms with E-state index in [1.54, 1.807) is 4.90 Å². The average molecular weight is 573 g/mol. The van der Waals surface area contributed by atoms with Crippen molar-refractivity contribution in [1.82, 2.24) is 30.0 Å². The third-order valence-corrected chi connectivity index (χ3v) is 8.25. The van der Waals surface area contributed by atoms with Gasteiger partial charge in [-0.05, 0) is 42.0 Å². The fourth-order valence-electron chi connectivity index (χ4n) is 5.55. The summed E-state index contributed by atoms with van der Waals surface area (Å²) in [5.74, 6) is 0.973. The zero-order valence-corrected chi connectivity index (χ0v) is 24.1. The fraction of sp³-hybridized carbons (Fsp3) is 0.500. The molecule has 2 amide bonds. The van der Waals surface area contributed by atoms with Crippen molar-refractivity contribution in [2.24, 2.45) is 0 Å². The van der Waals surface area contributed by atoms with E-state index in [2.05, 4.69) is 59.2 Å². The molecule has 208 valence electrons. The normalized spacial score (nSPS) is 16.8. The molecule has 3 aromatic rings. The summed E-state index contributed by atoms with van der Waals surface area (Å²) in [5, 5.41) is 15.8. The van der Waals surface area contributed by atoms with Crippen LogP contribution in [0.2, 0.25) is 10.2 Å². The maximum absolute atomic E-state index is 13.4. The highest BCUT2D eigenvalue weighted by Gasteiger charge is 2.34. The van der Waals surface area contributed by atoms with Crippen LogP contribution in [0.5, 0.6) is 0 Å². The van der Waals surface area contributed by atoms with Crippen LogP contribution in [0.25, 0.3) is 10.9 Å². The molecule has 1 aliphatic carbocycles. The number of aromatic amines is 1. The van der Waals surface area contributed by atoms with E-state index in [-0.39, 0.29) is 34.5 Å². The van der Waals surface area contributed by atoms with Crippen LogP contribution in [-0.2, 0) is 16.8 Å². The maximum atomic E-state index is 13.4. The van der Waals surface area contributed by atoms with Gasteiger partial charge in [0.05, 0.1) is 18.1 Å². The van der Waals surface area contributed by atoms with Crippen LogP contribution >= 0.6 is 23.2 Å². The molecule has 1 saturated heterocycles. The van der Waals surface area contributed by atoms with Crippen molar-refractivity contribution >= 4 is 51.7 Å². The number of hydrogen-bond acceptors (Lipinski definition) is 5. The number of amides is 2. The van der Waals surface area contributed by atoms with Crippen molar-refractivity contribution < 1.29 is 9.59 Å². The number of nitrogens with zero attached hydrogens (tertiary/aromatic N) is 4. The van der Waals surface area contributed by atoms with Crippen molar-refractivity contribution in [3.05, 3.63) is 52.0 Å². The van der Waals surface area contributed by atoms with E-state index in [1.807, 2.05) is 10.6 Å². The van der Waals surface area contributed by atoms with Gasteiger partial charge >= 0.3 is 0 Å². The predicted octanol–water partition coefficient (Wildman–Crippen LogP) is 5.61. The lowest BCUT2D eigenvalue weighted by atomic mass is 9.86. The van der Waals surface area contributed by atoms with Crippen molar-refractivity contribution in [3.63, 3.8) is 0 Å². The first-order valence-corrected chi connectivity index (χ1v) is 14.2. The molecule has 0 unspecified atom stereocenters. The third kappa shape index (κ3) is 5.52. The van der Waals surface area contributed by atoms with Gasteiger partial charge in [-0.25, -0.2) is 4.98 Å². The molecule has 11 heteroatoms. The van der Waals surface area contributed by atoms with Gasteiger partial charge in [0, 0.05) is 29.5 Å². The van der Waals surface area contributed by atoms with Gasteiger partial charge in [0.15, 0.2) is 11.0 Å². The van der Waals surface area contributed by atoms with Crippen molar-refractivity contribution in [1.29, 1.82) is 0 Å². The molecule has 0 bridgehead atoms. The number of hydrogen-bond donors (Lipinski definition) is 3. The summed E-state index contributed by atoms with van der Waals surface area (Å²) < 4.78 is 2.02. The zero-order valence-electron chi connectivity index (χ0n) is 22.6. The number of H-pyrrole nitrogens is 1. The summed E-state index contributed by atoms with van der Waals surface area (Å²) in [7, 11) is 0. The molecule has 1 aliphatic heterocycles. The van der Waals surface area contributed by atoms with E-state index in [4.69, 9.17) is 23.2 Å². The molecule has 9 nitrogen and oxygen atoms in total. The monoisotopic (exact) mass is 571 g/mol. The minimum Gasteiger partial charge on any atom is -0.361 e. The molecule has 3 N–H and O–H groups in total. The summed E-state index contributed by atoms with van der Waals surface area (Å²) in [6.45, 7) is 11.2. The minimum absolute atomic E-state index is 0.122. The molecular formula is C28H35Cl2N7O2. The van der Waals surface area contributed by atoms with Crippen LogP contribution in [0.15, 0.2) is 24.8 Å². The van der Waals surface area contributed by atoms with Gasteiger partial charge in [-0.15, -0.1) is 0 Å². The van der Waals surface area contributed by atoms with E-state index in [9.17, 15) is 9.59 Å². The Morgan fingerprint density at radius 2 is 1.90 bits per heavy atom. The lowest BCUT2D eigenvalue weighted by molar-refractivity contribution is -0.130. The number of likely N-dealkylation sites (tertiary alicyclic amines) is 1. The number of carbonyl (C=O) groups excluding carboxylic acids is 2. The number of rotatable bonds is 7. The molecule has 0 spiro atoms. The lowest BCUT2D eigenvalue weighted by Gasteiger charge is -2.39. The quantitative estimate of drug-likeness (QED) is 0.319. The average Bonchev–Trinajstić information content (AvgIpc) is 3.42. The molecule has 0 radical (unpaired) electrons. The Morgan fingerprint density at radius 1 is 1.18 bits per heavy atom. The van der Waals surface area contributed by atoms with Gasteiger partial charge in [-0.2, -0.15) is 5.10 Å². The number of benzene rings is 1. The Kier molecular flexibility index (Phi) is 7.66. The summed E-state index contributed by atoms with van der Waals surface area (Å²) in [6.07, 6.45) is 6.58. The van der Waals surface area contributed by atoms with E-state index < -0.39 is 0 Å². The van der Waals surface area contributed by atoms with Gasteiger partial charge in [-0.3, -0.25) is 14.7 Å². The largest absolute Gasteiger partial charge is 0.361 e. The second-order valence-electron chi connectivity index (χ2n) is 11.5. The summed E-state index contributed by atoms with van der Waals surface area (Å²) in [4.78, 5) is 31.5. The Hall–Kier alpha value is -3.04. The van der Waals surface area contributed by atoms with Crippen molar-refractivity contribution in [2.75, 3.05) is 18.4 Å². The molecule has 1 saturated carbocycles. The Bertz CT molecular complexity index is 1410. The lowest BCUT2D eigenvalue weighted by Crippen LogP contribution is -2.60. The molecule has 5 rings (SSSR count). The van der Waals surface area contributed by atoms with Crippen LogP contribution in [0.1, 0.15) is 80.8 Å². The molecular weight excluding hydrogens is 537 g/mol. The van der Waals surface area contributed by atoms with E-state index in [0.29, 0.717) is 42.0 Å². The Balaban J connectivity index is 1.40. The van der Waals surface area contributed by atoms with Gasteiger partial charge in [0.25, 0.3) is 5.91 Å². The second-order valence-corrected chi connectivity index (χ2v) is 12.3. The fourth-order valence-corrected chi connectivity index (χ4v) is 6.27. The number of halogens is 2. The minimum atomic E-state index is -0.269. The third-order valence-electron chi connectivity index (χ3n) is 7.67. The Morgan fingerprint density at radius 3 is 2.56 bits per heavy atom. The topological polar surface area (TPSA) is 108 Å². The first-order valence-electron chi connectivity index (χ1n) is 13.5.